The first-order valence-electron chi connectivity index (χ1n) is 10.6. The third-order valence-electron chi connectivity index (χ3n) is 5.52. The number of anilines is 1. The largest absolute Gasteiger partial charge is 0.487 e. The van der Waals surface area contributed by atoms with E-state index in [1.54, 1.807) is 0 Å². The summed E-state index contributed by atoms with van der Waals surface area (Å²) in [5.74, 6) is 0.883. The fourth-order valence-electron chi connectivity index (χ4n) is 3.73. The van der Waals surface area contributed by atoms with Gasteiger partial charge in [0.25, 0.3) is 5.91 Å². The molecule has 160 valence electrons. The van der Waals surface area contributed by atoms with Gasteiger partial charge in [-0.25, -0.2) is 0 Å². The SMILES string of the molecule is Cc1cc(C(=O)N2CC(Oc3ccccc3)C2)ccc1NSc1cccc2cccnc12. The van der Waals surface area contributed by atoms with Crippen LogP contribution < -0.4 is 9.46 Å². The number of ether oxygens (including phenoxy) is 1. The number of hydrogen-bond donors (Lipinski definition) is 1. The topological polar surface area (TPSA) is 54.5 Å². The van der Waals surface area contributed by atoms with Crippen molar-refractivity contribution in [2.75, 3.05) is 17.8 Å². The minimum Gasteiger partial charge on any atom is -0.487 e. The maximum Gasteiger partial charge on any atom is 0.254 e. The van der Waals surface area contributed by atoms with Gasteiger partial charge in [-0.2, -0.15) is 0 Å². The number of aryl methyl sites for hydroxylation is 1. The fourth-order valence-corrected chi connectivity index (χ4v) is 4.60. The van der Waals surface area contributed by atoms with E-state index in [9.17, 15) is 4.79 Å². The van der Waals surface area contributed by atoms with Crippen molar-refractivity contribution in [1.29, 1.82) is 0 Å². The number of carbonyl (C=O) groups is 1. The molecule has 1 N–H and O–H groups in total. The number of nitrogens with zero attached hydrogens (tertiary/aromatic N) is 2. The van der Waals surface area contributed by atoms with Gasteiger partial charge < -0.3 is 14.4 Å². The number of likely N-dealkylation sites (tertiary alicyclic amines) is 1. The van der Waals surface area contributed by atoms with Crippen LogP contribution in [0.2, 0.25) is 0 Å². The van der Waals surface area contributed by atoms with Crippen LogP contribution in [0.25, 0.3) is 10.9 Å². The molecule has 0 unspecified atom stereocenters. The van der Waals surface area contributed by atoms with E-state index in [1.165, 1.54) is 11.9 Å². The van der Waals surface area contributed by atoms with Crippen LogP contribution in [0.15, 0.2) is 90.0 Å². The molecule has 4 aromatic rings. The zero-order valence-corrected chi connectivity index (χ0v) is 18.5. The molecule has 0 atom stereocenters. The van der Waals surface area contributed by atoms with E-state index >= 15 is 0 Å². The maximum absolute atomic E-state index is 12.9. The highest BCUT2D eigenvalue weighted by Crippen LogP contribution is 2.29. The first-order chi connectivity index (χ1) is 15.7. The molecule has 1 fully saturated rings. The van der Waals surface area contributed by atoms with E-state index in [2.05, 4.69) is 27.9 Å². The highest BCUT2D eigenvalue weighted by atomic mass is 32.2. The van der Waals surface area contributed by atoms with Crippen LogP contribution in [-0.4, -0.2) is 35.0 Å². The number of pyridine rings is 1. The number of hydrogen-bond acceptors (Lipinski definition) is 5. The number of para-hydroxylation sites is 2. The Morgan fingerprint density at radius 3 is 2.66 bits per heavy atom. The molecule has 32 heavy (non-hydrogen) atoms. The van der Waals surface area contributed by atoms with Crippen LogP contribution in [0.4, 0.5) is 5.69 Å². The first kappa shape index (κ1) is 20.4. The van der Waals surface area contributed by atoms with E-state index in [-0.39, 0.29) is 12.0 Å². The van der Waals surface area contributed by atoms with Crippen LogP contribution >= 0.6 is 11.9 Å². The molecule has 5 rings (SSSR count). The van der Waals surface area contributed by atoms with Crippen molar-refractivity contribution in [2.45, 2.75) is 17.9 Å². The van der Waals surface area contributed by atoms with Gasteiger partial charge in [0.1, 0.15) is 11.9 Å². The second-order valence-corrected chi connectivity index (χ2v) is 8.68. The molecule has 0 spiro atoms. The Balaban J connectivity index is 1.20. The highest BCUT2D eigenvalue weighted by Gasteiger charge is 2.32. The molecule has 1 aliphatic rings. The Morgan fingerprint density at radius 2 is 1.84 bits per heavy atom. The van der Waals surface area contributed by atoms with E-state index in [0.29, 0.717) is 18.7 Å². The minimum atomic E-state index is 0.0402. The lowest BCUT2D eigenvalue weighted by atomic mass is 10.1. The van der Waals surface area contributed by atoms with Crippen LogP contribution in [0, 0.1) is 6.92 Å². The van der Waals surface area contributed by atoms with Gasteiger partial charge >= 0.3 is 0 Å². The van der Waals surface area contributed by atoms with Gasteiger partial charge in [0.2, 0.25) is 0 Å². The van der Waals surface area contributed by atoms with Gasteiger partial charge in [0, 0.05) is 22.8 Å². The van der Waals surface area contributed by atoms with E-state index < -0.39 is 0 Å². The van der Waals surface area contributed by atoms with E-state index in [0.717, 1.165) is 32.8 Å². The van der Waals surface area contributed by atoms with Gasteiger partial charge in [0.05, 0.1) is 23.5 Å². The number of rotatable bonds is 6. The molecule has 0 saturated carbocycles. The van der Waals surface area contributed by atoms with Crippen LogP contribution in [0.5, 0.6) is 5.75 Å². The second-order valence-electron chi connectivity index (χ2n) is 7.83. The Hall–Kier alpha value is -3.51. The van der Waals surface area contributed by atoms with Crippen molar-refractivity contribution in [3.05, 3.63) is 96.2 Å². The Morgan fingerprint density at radius 1 is 1.03 bits per heavy atom. The average Bonchev–Trinajstić information content (AvgIpc) is 2.80. The predicted molar refractivity (Wildman–Crippen MR) is 129 cm³/mol. The molecule has 1 saturated heterocycles. The fraction of sp³-hybridized carbons (Fsp3) is 0.154. The van der Waals surface area contributed by atoms with Crippen LogP contribution in [0.3, 0.4) is 0 Å². The Labute approximate surface area is 191 Å². The van der Waals surface area contributed by atoms with Crippen molar-refractivity contribution in [3.63, 3.8) is 0 Å². The summed E-state index contributed by atoms with van der Waals surface area (Å²) in [6.07, 6.45) is 1.86. The molecule has 5 nitrogen and oxygen atoms in total. The third kappa shape index (κ3) is 4.27. The van der Waals surface area contributed by atoms with Gasteiger partial charge in [-0.3, -0.25) is 9.78 Å². The summed E-state index contributed by atoms with van der Waals surface area (Å²) in [6, 6.07) is 25.7. The molecule has 0 bridgehead atoms. The highest BCUT2D eigenvalue weighted by molar-refractivity contribution is 8.00. The molecule has 3 aromatic carbocycles. The molecular formula is C26H23N3O2S. The van der Waals surface area contributed by atoms with E-state index in [4.69, 9.17) is 4.74 Å². The Bertz CT molecular complexity index is 1250. The molecule has 1 aliphatic heterocycles. The van der Waals surface area contributed by atoms with Gasteiger partial charge in [-0.1, -0.05) is 36.4 Å². The maximum atomic E-state index is 12.9. The standard InChI is InChI=1S/C26H23N3O2S/c1-18-15-20(26(30)29-16-22(17-29)31-21-9-3-2-4-10-21)12-13-23(18)28-32-24-11-5-7-19-8-6-14-27-25(19)24/h2-15,22,28H,16-17H2,1H3. The smallest absolute Gasteiger partial charge is 0.254 e. The van der Waals surface area contributed by atoms with Gasteiger partial charge in [0.15, 0.2) is 0 Å². The minimum absolute atomic E-state index is 0.0402. The van der Waals surface area contributed by atoms with Crippen molar-refractivity contribution in [3.8, 4) is 5.75 Å². The average molecular weight is 442 g/mol. The lowest BCUT2D eigenvalue weighted by molar-refractivity contribution is 0.0178. The molecule has 0 aliphatic carbocycles. The van der Waals surface area contributed by atoms with Crippen molar-refractivity contribution in [2.24, 2.45) is 0 Å². The second kappa shape index (κ2) is 8.93. The number of fused-ring (bicyclic) bond motifs is 1. The molecule has 0 radical (unpaired) electrons. The quantitative estimate of drug-likeness (QED) is 0.397. The lowest BCUT2D eigenvalue weighted by Crippen LogP contribution is -2.56. The van der Waals surface area contributed by atoms with E-state index in [1.807, 2.05) is 78.7 Å². The molecular weight excluding hydrogens is 418 g/mol. The van der Waals surface area contributed by atoms with Crippen LogP contribution in [-0.2, 0) is 0 Å². The van der Waals surface area contributed by atoms with Crippen molar-refractivity contribution >= 4 is 34.4 Å². The predicted octanol–water partition coefficient (Wildman–Crippen LogP) is 5.57. The molecule has 6 heteroatoms. The summed E-state index contributed by atoms with van der Waals surface area (Å²) in [5.41, 5.74) is 3.67. The van der Waals surface area contributed by atoms with Crippen molar-refractivity contribution in [1.82, 2.24) is 9.88 Å². The summed E-state index contributed by atoms with van der Waals surface area (Å²) < 4.78 is 9.31. The summed E-state index contributed by atoms with van der Waals surface area (Å²) >= 11 is 1.53. The van der Waals surface area contributed by atoms with Crippen LogP contribution in [0.1, 0.15) is 15.9 Å². The normalized spacial score (nSPS) is 13.6. The summed E-state index contributed by atoms with van der Waals surface area (Å²) in [6.45, 7) is 3.23. The molecule has 1 aromatic heterocycles. The summed E-state index contributed by atoms with van der Waals surface area (Å²) in [7, 11) is 0. The number of benzene rings is 3. The zero-order chi connectivity index (χ0) is 21.9. The molecule has 1 amide bonds. The summed E-state index contributed by atoms with van der Waals surface area (Å²) in [5, 5.41) is 1.11. The number of carbonyl (C=O) groups excluding carboxylic acids is 1. The number of nitrogens with one attached hydrogen (secondary N) is 1. The van der Waals surface area contributed by atoms with Gasteiger partial charge in [-0.05, 0) is 66.9 Å². The number of aromatic nitrogens is 1. The zero-order valence-electron chi connectivity index (χ0n) is 17.7. The van der Waals surface area contributed by atoms with Gasteiger partial charge in [-0.15, -0.1) is 0 Å². The lowest BCUT2D eigenvalue weighted by Gasteiger charge is -2.39. The molecule has 2 heterocycles. The first-order valence-corrected chi connectivity index (χ1v) is 11.4. The number of amides is 1. The Kier molecular flexibility index (Phi) is 5.69. The monoisotopic (exact) mass is 441 g/mol. The summed E-state index contributed by atoms with van der Waals surface area (Å²) in [4.78, 5) is 20.2. The third-order valence-corrected chi connectivity index (χ3v) is 6.39. The van der Waals surface area contributed by atoms with Crippen molar-refractivity contribution < 1.29 is 9.53 Å².